The van der Waals surface area contributed by atoms with E-state index in [0.29, 0.717) is 28.6 Å². The molecular formula is C25H22N6O. The van der Waals surface area contributed by atoms with Gasteiger partial charge in [0.15, 0.2) is 5.82 Å². The van der Waals surface area contributed by atoms with E-state index in [1.54, 1.807) is 12.3 Å². The minimum Gasteiger partial charge on any atom is -0.455 e. The molecule has 0 aliphatic carbocycles. The second-order valence-corrected chi connectivity index (χ2v) is 7.20. The van der Waals surface area contributed by atoms with Gasteiger partial charge in [0.1, 0.15) is 29.2 Å². The Morgan fingerprint density at radius 3 is 2.53 bits per heavy atom. The normalized spacial score (nSPS) is 10.2. The highest BCUT2D eigenvalue weighted by atomic mass is 16.5. The first-order valence-electron chi connectivity index (χ1n) is 9.94. The standard InChI is InChI=1S/C25H22N6O/c1-16-12-20(8-11-23(16)32-21-9-6-17(2)28-14-21)31-25-24(27)22(29-15-30-25)10-7-18-4-3-5-19(26)13-18/h3-6,8-9,11-15H,26-27H2,1-2H3,(H,29,30,31). The van der Waals surface area contributed by atoms with E-state index in [9.17, 15) is 0 Å². The summed E-state index contributed by atoms with van der Waals surface area (Å²) in [4.78, 5) is 12.7. The third-order valence-corrected chi connectivity index (χ3v) is 4.65. The molecule has 4 aromatic rings. The summed E-state index contributed by atoms with van der Waals surface area (Å²) in [5.74, 6) is 7.92. The third kappa shape index (κ3) is 4.94. The topological polar surface area (TPSA) is 112 Å². The lowest BCUT2D eigenvalue weighted by Gasteiger charge is -2.12. The number of aromatic nitrogens is 3. The van der Waals surface area contributed by atoms with Crippen LogP contribution in [0.4, 0.5) is 22.9 Å². The molecule has 158 valence electrons. The van der Waals surface area contributed by atoms with Gasteiger partial charge in [-0.05, 0) is 73.9 Å². The molecule has 5 N–H and O–H groups in total. The Morgan fingerprint density at radius 2 is 1.78 bits per heavy atom. The van der Waals surface area contributed by atoms with Gasteiger partial charge in [0, 0.05) is 22.6 Å². The number of nitrogens with two attached hydrogens (primary N) is 2. The van der Waals surface area contributed by atoms with E-state index in [2.05, 4.69) is 32.1 Å². The zero-order valence-electron chi connectivity index (χ0n) is 17.8. The molecule has 0 aliphatic rings. The van der Waals surface area contributed by atoms with Gasteiger partial charge >= 0.3 is 0 Å². The lowest BCUT2D eigenvalue weighted by atomic mass is 10.2. The summed E-state index contributed by atoms with van der Waals surface area (Å²) >= 11 is 0. The fourth-order valence-electron chi connectivity index (χ4n) is 2.96. The predicted molar refractivity (Wildman–Crippen MR) is 127 cm³/mol. The van der Waals surface area contributed by atoms with Crippen LogP contribution in [0.3, 0.4) is 0 Å². The smallest absolute Gasteiger partial charge is 0.158 e. The number of nitrogens with zero attached hydrogens (tertiary/aromatic N) is 3. The Balaban J connectivity index is 1.52. The van der Waals surface area contributed by atoms with Gasteiger partial charge in [-0.2, -0.15) is 0 Å². The molecule has 7 heteroatoms. The first-order chi connectivity index (χ1) is 15.5. The van der Waals surface area contributed by atoms with E-state index in [1.165, 1.54) is 6.33 Å². The van der Waals surface area contributed by atoms with Crippen molar-refractivity contribution >= 4 is 22.9 Å². The van der Waals surface area contributed by atoms with Crippen molar-refractivity contribution in [2.75, 3.05) is 16.8 Å². The Labute approximate surface area is 186 Å². The van der Waals surface area contributed by atoms with E-state index in [1.807, 2.05) is 62.4 Å². The van der Waals surface area contributed by atoms with Crippen LogP contribution in [0.5, 0.6) is 11.5 Å². The molecule has 0 bridgehead atoms. The molecule has 0 radical (unpaired) electrons. The van der Waals surface area contributed by atoms with Crippen LogP contribution < -0.4 is 21.5 Å². The van der Waals surface area contributed by atoms with E-state index in [-0.39, 0.29) is 0 Å². The van der Waals surface area contributed by atoms with Crippen LogP contribution in [0.2, 0.25) is 0 Å². The average molecular weight is 422 g/mol. The number of rotatable bonds is 4. The molecule has 2 aromatic carbocycles. The van der Waals surface area contributed by atoms with Crippen LogP contribution >= 0.6 is 0 Å². The summed E-state index contributed by atoms with van der Waals surface area (Å²) < 4.78 is 5.93. The Hall–Kier alpha value is -4.57. The molecule has 0 saturated heterocycles. The van der Waals surface area contributed by atoms with Gasteiger partial charge in [-0.1, -0.05) is 12.0 Å². The first kappa shape index (κ1) is 20.7. The van der Waals surface area contributed by atoms with Gasteiger partial charge in [0.05, 0.1) is 6.20 Å². The van der Waals surface area contributed by atoms with Crippen molar-refractivity contribution in [2.24, 2.45) is 0 Å². The molecule has 2 aromatic heterocycles. The minimum absolute atomic E-state index is 0.368. The lowest BCUT2D eigenvalue weighted by molar-refractivity contribution is 0.476. The zero-order valence-corrected chi connectivity index (χ0v) is 17.8. The second kappa shape index (κ2) is 9.06. The summed E-state index contributed by atoms with van der Waals surface area (Å²) in [6.45, 7) is 3.90. The molecule has 2 heterocycles. The number of aryl methyl sites for hydroxylation is 2. The highest BCUT2D eigenvalue weighted by Gasteiger charge is 2.09. The summed E-state index contributed by atoms with van der Waals surface area (Å²) in [5, 5.41) is 3.23. The number of nitrogen functional groups attached to an aromatic ring is 2. The summed E-state index contributed by atoms with van der Waals surface area (Å²) in [6, 6.07) is 16.9. The average Bonchev–Trinajstić information content (AvgIpc) is 2.78. The van der Waals surface area contributed by atoms with Gasteiger partial charge in [-0.15, -0.1) is 0 Å². The predicted octanol–water partition coefficient (Wildman–Crippen LogP) is 4.59. The van der Waals surface area contributed by atoms with E-state index in [0.717, 1.165) is 28.3 Å². The highest BCUT2D eigenvalue weighted by molar-refractivity contribution is 5.73. The van der Waals surface area contributed by atoms with Crippen molar-refractivity contribution in [3.05, 3.63) is 89.6 Å². The Morgan fingerprint density at radius 1 is 0.906 bits per heavy atom. The van der Waals surface area contributed by atoms with Crippen molar-refractivity contribution in [2.45, 2.75) is 13.8 Å². The molecule has 0 fully saturated rings. The number of benzene rings is 2. The largest absolute Gasteiger partial charge is 0.455 e. The maximum Gasteiger partial charge on any atom is 0.158 e. The molecule has 0 aliphatic heterocycles. The molecule has 32 heavy (non-hydrogen) atoms. The molecular weight excluding hydrogens is 400 g/mol. The fourth-order valence-corrected chi connectivity index (χ4v) is 2.96. The van der Waals surface area contributed by atoms with Crippen LogP contribution in [0.15, 0.2) is 67.1 Å². The van der Waals surface area contributed by atoms with Gasteiger partial charge in [0.25, 0.3) is 0 Å². The Bertz CT molecular complexity index is 1320. The number of pyridine rings is 1. The number of hydrogen-bond acceptors (Lipinski definition) is 7. The van der Waals surface area contributed by atoms with Crippen molar-refractivity contribution in [3.63, 3.8) is 0 Å². The first-order valence-corrected chi connectivity index (χ1v) is 9.94. The van der Waals surface area contributed by atoms with E-state index < -0.39 is 0 Å². The number of hydrogen-bond donors (Lipinski definition) is 3. The van der Waals surface area contributed by atoms with E-state index in [4.69, 9.17) is 16.2 Å². The van der Waals surface area contributed by atoms with Gasteiger partial charge in [-0.3, -0.25) is 4.98 Å². The van der Waals surface area contributed by atoms with Crippen molar-refractivity contribution in [1.29, 1.82) is 0 Å². The summed E-state index contributed by atoms with van der Waals surface area (Å²) in [6.07, 6.45) is 3.13. The van der Waals surface area contributed by atoms with Gasteiger partial charge in [-0.25, -0.2) is 9.97 Å². The van der Waals surface area contributed by atoms with Crippen molar-refractivity contribution in [3.8, 4) is 23.3 Å². The quantitative estimate of drug-likeness (QED) is 0.326. The fraction of sp³-hybridized carbons (Fsp3) is 0.0800. The van der Waals surface area contributed by atoms with Crippen molar-refractivity contribution < 1.29 is 4.74 Å². The van der Waals surface area contributed by atoms with Crippen molar-refractivity contribution in [1.82, 2.24) is 15.0 Å². The number of ether oxygens (including phenoxy) is 1. The van der Waals surface area contributed by atoms with Crippen LogP contribution in [-0.4, -0.2) is 15.0 Å². The van der Waals surface area contributed by atoms with Gasteiger partial charge < -0.3 is 21.5 Å². The van der Waals surface area contributed by atoms with Crippen LogP contribution in [-0.2, 0) is 0 Å². The number of anilines is 4. The van der Waals surface area contributed by atoms with E-state index >= 15 is 0 Å². The van der Waals surface area contributed by atoms with Crippen LogP contribution in [0.25, 0.3) is 0 Å². The van der Waals surface area contributed by atoms with Crippen LogP contribution in [0.1, 0.15) is 22.5 Å². The molecule has 4 rings (SSSR count). The third-order valence-electron chi connectivity index (χ3n) is 4.65. The maximum atomic E-state index is 6.26. The molecule has 7 nitrogen and oxygen atoms in total. The monoisotopic (exact) mass is 422 g/mol. The molecule has 0 unspecified atom stereocenters. The highest BCUT2D eigenvalue weighted by Crippen LogP contribution is 2.29. The molecule has 0 atom stereocenters. The summed E-state index contributed by atoms with van der Waals surface area (Å²) in [5.41, 5.74) is 17.0. The van der Waals surface area contributed by atoms with Gasteiger partial charge in [0.2, 0.25) is 0 Å². The zero-order chi connectivity index (χ0) is 22.5. The van der Waals surface area contributed by atoms with Crippen LogP contribution in [0, 0.1) is 25.7 Å². The molecule has 0 saturated carbocycles. The number of nitrogens with one attached hydrogen (secondary N) is 1. The lowest BCUT2D eigenvalue weighted by Crippen LogP contribution is -2.03. The summed E-state index contributed by atoms with van der Waals surface area (Å²) in [7, 11) is 0. The SMILES string of the molecule is Cc1ccc(Oc2ccc(Nc3ncnc(C#Cc4cccc(N)c4)c3N)cc2C)cn1. The Kier molecular flexibility index (Phi) is 5.86. The molecule has 0 spiro atoms. The molecule has 0 amide bonds. The maximum absolute atomic E-state index is 6.26. The minimum atomic E-state index is 0.368. The second-order valence-electron chi connectivity index (χ2n) is 7.20.